The normalized spacial score (nSPS) is 10.9. The predicted octanol–water partition coefficient (Wildman–Crippen LogP) is 5.03. The van der Waals surface area contributed by atoms with E-state index in [0.717, 1.165) is 22.3 Å². The number of anilines is 3. The third-order valence-corrected chi connectivity index (χ3v) is 4.81. The topological polar surface area (TPSA) is 67.7 Å². The van der Waals surface area contributed by atoms with E-state index in [1.807, 2.05) is 31.3 Å². The minimum absolute atomic E-state index is 0.444. The number of benzene rings is 2. The Bertz CT molecular complexity index is 1090. The van der Waals surface area contributed by atoms with Crippen LogP contribution < -0.4 is 10.6 Å². The van der Waals surface area contributed by atoms with Crippen molar-refractivity contribution in [2.45, 2.75) is 6.54 Å². The molecule has 2 aromatic heterocycles. The summed E-state index contributed by atoms with van der Waals surface area (Å²) in [4.78, 5) is 9.17. The molecule has 4 rings (SSSR count). The van der Waals surface area contributed by atoms with Gasteiger partial charge in [0.15, 0.2) is 5.65 Å². The monoisotopic (exact) mass is 398 g/mol. The van der Waals surface area contributed by atoms with Crippen molar-refractivity contribution < 1.29 is 0 Å². The Morgan fingerprint density at radius 3 is 2.59 bits per heavy atom. The van der Waals surface area contributed by atoms with Gasteiger partial charge in [0.25, 0.3) is 0 Å². The van der Waals surface area contributed by atoms with Crippen molar-refractivity contribution in [1.29, 1.82) is 0 Å². The van der Waals surface area contributed by atoms with Crippen LogP contribution in [0.15, 0.2) is 54.7 Å². The third-order valence-electron chi connectivity index (χ3n) is 4.07. The molecule has 0 saturated heterocycles. The van der Waals surface area contributed by atoms with E-state index in [1.165, 1.54) is 0 Å². The van der Waals surface area contributed by atoms with Crippen LogP contribution in [0.25, 0.3) is 11.0 Å². The highest BCUT2D eigenvalue weighted by atomic mass is 35.5. The molecule has 0 saturated carbocycles. The van der Waals surface area contributed by atoms with E-state index in [1.54, 1.807) is 23.0 Å². The summed E-state index contributed by atoms with van der Waals surface area (Å²) in [6.45, 7) is 0.647. The van der Waals surface area contributed by atoms with Crippen LogP contribution in [0, 0.1) is 0 Å². The first kappa shape index (κ1) is 17.6. The van der Waals surface area contributed by atoms with E-state index in [2.05, 4.69) is 37.8 Å². The summed E-state index contributed by atoms with van der Waals surface area (Å²) in [7, 11) is 1.85. The molecule has 27 heavy (non-hydrogen) atoms. The third kappa shape index (κ3) is 3.82. The van der Waals surface area contributed by atoms with Crippen LogP contribution in [0.1, 0.15) is 5.56 Å². The molecule has 0 amide bonds. The highest BCUT2D eigenvalue weighted by Crippen LogP contribution is 2.28. The number of hydrogen-bond donors (Lipinski definition) is 2. The lowest BCUT2D eigenvalue weighted by Gasteiger charge is -2.11. The molecule has 0 unspecified atom stereocenters. The lowest BCUT2D eigenvalue weighted by Crippen LogP contribution is -2.06. The molecule has 0 fully saturated rings. The summed E-state index contributed by atoms with van der Waals surface area (Å²) in [5, 5.41) is 12.7. The average Bonchev–Trinajstić information content (AvgIpc) is 3.05. The molecular weight excluding hydrogens is 383 g/mol. The van der Waals surface area contributed by atoms with Gasteiger partial charge in [0, 0.05) is 19.3 Å². The number of nitrogens with zero attached hydrogens (tertiary/aromatic N) is 4. The molecule has 0 aliphatic heterocycles. The zero-order valence-corrected chi connectivity index (χ0v) is 16.0. The van der Waals surface area contributed by atoms with Gasteiger partial charge in [-0.15, -0.1) is 0 Å². The molecule has 4 aromatic rings. The molecule has 0 radical (unpaired) electrons. The summed E-state index contributed by atoms with van der Waals surface area (Å²) in [5.74, 6) is 1.15. The minimum atomic E-state index is 0.444. The van der Waals surface area contributed by atoms with E-state index in [9.17, 15) is 0 Å². The van der Waals surface area contributed by atoms with Gasteiger partial charge >= 0.3 is 0 Å². The second-order valence-corrected chi connectivity index (χ2v) is 6.81. The van der Waals surface area contributed by atoms with Crippen molar-refractivity contribution >= 4 is 51.7 Å². The minimum Gasteiger partial charge on any atom is -0.365 e. The van der Waals surface area contributed by atoms with Gasteiger partial charge in [0.05, 0.1) is 21.6 Å². The maximum Gasteiger partial charge on any atom is 0.231 e. The van der Waals surface area contributed by atoms with Gasteiger partial charge in [-0.25, -0.2) is 0 Å². The lowest BCUT2D eigenvalue weighted by molar-refractivity contribution is 0.786. The largest absolute Gasteiger partial charge is 0.365 e. The molecule has 2 heterocycles. The van der Waals surface area contributed by atoms with Crippen molar-refractivity contribution in [3.05, 3.63) is 70.3 Å². The Labute approximate surface area is 166 Å². The highest BCUT2D eigenvalue weighted by molar-refractivity contribution is 6.42. The first-order chi connectivity index (χ1) is 13.1. The Hall–Kier alpha value is -2.83. The lowest BCUT2D eigenvalue weighted by atomic mass is 10.2. The SMILES string of the molecule is Cn1ncc2c(NCc3ccccc3)nc(Nc3ccc(Cl)c(Cl)c3)nc21. The second-order valence-electron chi connectivity index (χ2n) is 5.99. The Balaban J connectivity index is 1.66. The van der Waals surface area contributed by atoms with Gasteiger partial charge in [-0.2, -0.15) is 15.1 Å². The first-order valence-corrected chi connectivity index (χ1v) is 9.05. The molecule has 2 N–H and O–H groups in total. The first-order valence-electron chi connectivity index (χ1n) is 8.30. The number of fused-ring (bicyclic) bond motifs is 1. The van der Waals surface area contributed by atoms with Crippen molar-refractivity contribution in [1.82, 2.24) is 19.7 Å². The Morgan fingerprint density at radius 2 is 1.81 bits per heavy atom. The van der Waals surface area contributed by atoms with Crippen molar-refractivity contribution in [3.8, 4) is 0 Å². The van der Waals surface area contributed by atoms with Gasteiger partial charge in [0.2, 0.25) is 5.95 Å². The van der Waals surface area contributed by atoms with Crippen LogP contribution in [0.5, 0.6) is 0 Å². The molecule has 0 aliphatic carbocycles. The fraction of sp³-hybridized carbons (Fsp3) is 0.105. The zero-order valence-electron chi connectivity index (χ0n) is 14.4. The van der Waals surface area contributed by atoms with E-state index in [-0.39, 0.29) is 0 Å². The molecule has 0 bridgehead atoms. The summed E-state index contributed by atoms with van der Waals surface area (Å²) in [5.41, 5.74) is 2.63. The Morgan fingerprint density at radius 1 is 1.00 bits per heavy atom. The highest BCUT2D eigenvalue weighted by Gasteiger charge is 2.12. The van der Waals surface area contributed by atoms with E-state index in [4.69, 9.17) is 23.2 Å². The zero-order chi connectivity index (χ0) is 18.8. The van der Waals surface area contributed by atoms with Crippen LogP contribution in [-0.4, -0.2) is 19.7 Å². The van der Waals surface area contributed by atoms with E-state index in [0.29, 0.717) is 28.4 Å². The van der Waals surface area contributed by atoms with Gasteiger partial charge in [-0.1, -0.05) is 53.5 Å². The van der Waals surface area contributed by atoms with E-state index >= 15 is 0 Å². The van der Waals surface area contributed by atoms with Crippen LogP contribution in [-0.2, 0) is 13.6 Å². The Kier molecular flexibility index (Phi) is 4.83. The summed E-state index contributed by atoms with van der Waals surface area (Å²) < 4.78 is 1.71. The average molecular weight is 399 g/mol. The molecule has 0 spiro atoms. The van der Waals surface area contributed by atoms with Crippen molar-refractivity contribution in [3.63, 3.8) is 0 Å². The quantitative estimate of drug-likeness (QED) is 0.493. The molecule has 8 heteroatoms. The fourth-order valence-corrected chi connectivity index (χ4v) is 3.00. The van der Waals surface area contributed by atoms with Crippen molar-refractivity contribution in [2.24, 2.45) is 7.05 Å². The number of aromatic nitrogens is 4. The van der Waals surface area contributed by atoms with Crippen LogP contribution in [0.3, 0.4) is 0 Å². The summed E-state index contributed by atoms with van der Waals surface area (Å²) in [6.07, 6.45) is 1.76. The number of rotatable bonds is 5. The maximum atomic E-state index is 6.09. The molecule has 0 atom stereocenters. The second kappa shape index (κ2) is 7.42. The fourth-order valence-electron chi connectivity index (χ4n) is 2.70. The smallest absolute Gasteiger partial charge is 0.231 e. The summed E-state index contributed by atoms with van der Waals surface area (Å²) >= 11 is 12.1. The van der Waals surface area contributed by atoms with Crippen LogP contribution in [0.2, 0.25) is 10.0 Å². The molecule has 0 aliphatic rings. The van der Waals surface area contributed by atoms with Gasteiger partial charge in [-0.3, -0.25) is 4.68 Å². The summed E-state index contributed by atoms with van der Waals surface area (Å²) in [6, 6.07) is 15.4. The number of nitrogens with one attached hydrogen (secondary N) is 2. The number of hydrogen-bond acceptors (Lipinski definition) is 5. The predicted molar refractivity (Wildman–Crippen MR) is 110 cm³/mol. The number of halogens is 2. The van der Waals surface area contributed by atoms with Gasteiger partial charge in [0.1, 0.15) is 5.82 Å². The molecule has 136 valence electrons. The molecular formula is C19H16Cl2N6. The van der Waals surface area contributed by atoms with Gasteiger partial charge < -0.3 is 10.6 Å². The molecule has 6 nitrogen and oxygen atoms in total. The van der Waals surface area contributed by atoms with Crippen LogP contribution in [0.4, 0.5) is 17.5 Å². The van der Waals surface area contributed by atoms with Gasteiger partial charge in [-0.05, 0) is 23.8 Å². The van der Waals surface area contributed by atoms with E-state index < -0.39 is 0 Å². The van der Waals surface area contributed by atoms with Crippen molar-refractivity contribution in [2.75, 3.05) is 10.6 Å². The maximum absolute atomic E-state index is 6.09. The van der Waals surface area contributed by atoms with Crippen LogP contribution >= 0.6 is 23.2 Å². The standard InChI is InChI=1S/C19H16Cl2N6/c1-27-18-14(11-23-27)17(22-10-12-5-3-2-4-6-12)25-19(26-18)24-13-7-8-15(20)16(21)9-13/h2-9,11H,10H2,1H3,(H2,22,24,25,26). The number of aryl methyl sites for hydroxylation is 1. The molecule has 2 aromatic carbocycles.